The van der Waals surface area contributed by atoms with Gasteiger partial charge in [-0.2, -0.15) is 0 Å². The van der Waals surface area contributed by atoms with Crippen LogP contribution in [0, 0.1) is 13.8 Å². The third-order valence-electron chi connectivity index (χ3n) is 4.36. The molecule has 0 saturated heterocycles. The fourth-order valence-electron chi connectivity index (χ4n) is 2.87. The van der Waals surface area contributed by atoms with Crippen LogP contribution >= 0.6 is 11.6 Å². The molecule has 0 heterocycles. The summed E-state index contributed by atoms with van der Waals surface area (Å²) in [5.41, 5.74) is 2.33. The van der Waals surface area contributed by atoms with E-state index in [1.807, 2.05) is 31.2 Å². The van der Waals surface area contributed by atoms with E-state index in [9.17, 15) is 13.2 Å². The topological polar surface area (TPSA) is 75.7 Å². The molecule has 0 aromatic heterocycles. The number of nitrogens with one attached hydrogen (secondary N) is 1. The summed E-state index contributed by atoms with van der Waals surface area (Å²) in [6.07, 6.45) is 1.76. The van der Waals surface area contributed by atoms with Crippen LogP contribution in [0.25, 0.3) is 0 Å². The number of aryl methyl sites for hydroxylation is 1. The molecule has 158 valence electrons. The number of nitrogens with zero attached hydrogens (tertiary/aromatic N) is 1. The van der Waals surface area contributed by atoms with Crippen molar-refractivity contribution in [3.05, 3.63) is 58.6 Å². The van der Waals surface area contributed by atoms with E-state index in [1.165, 1.54) is 4.31 Å². The highest BCUT2D eigenvalue weighted by molar-refractivity contribution is 7.92. The van der Waals surface area contributed by atoms with E-state index in [1.54, 1.807) is 25.1 Å². The third kappa shape index (κ3) is 7.25. The van der Waals surface area contributed by atoms with Gasteiger partial charge in [-0.3, -0.25) is 9.10 Å². The lowest BCUT2D eigenvalue weighted by Gasteiger charge is -2.24. The van der Waals surface area contributed by atoms with Gasteiger partial charge in [0.05, 0.1) is 18.5 Å². The Morgan fingerprint density at radius 1 is 1.17 bits per heavy atom. The SMILES string of the molecule is Cc1cccc(OCCNC(=O)CCCN(c2cccc(Cl)c2C)S(C)(=O)=O)c1. The number of amides is 1. The highest BCUT2D eigenvalue weighted by Gasteiger charge is 2.20. The van der Waals surface area contributed by atoms with Crippen molar-refractivity contribution in [3.63, 3.8) is 0 Å². The molecule has 0 saturated carbocycles. The second-order valence-electron chi connectivity index (χ2n) is 6.84. The average molecular weight is 439 g/mol. The maximum atomic E-state index is 12.2. The van der Waals surface area contributed by atoms with Gasteiger partial charge in [-0.25, -0.2) is 8.42 Å². The number of carbonyl (C=O) groups is 1. The summed E-state index contributed by atoms with van der Waals surface area (Å²) < 4.78 is 31.3. The van der Waals surface area contributed by atoms with E-state index in [-0.39, 0.29) is 18.9 Å². The number of hydrogen-bond donors (Lipinski definition) is 1. The van der Waals surface area contributed by atoms with Crippen LogP contribution in [-0.4, -0.2) is 40.3 Å². The first-order chi connectivity index (χ1) is 13.7. The predicted molar refractivity (Wildman–Crippen MR) is 117 cm³/mol. The second-order valence-corrected chi connectivity index (χ2v) is 9.15. The lowest BCUT2D eigenvalue weighted by molar-refractivity contribution is -0.121. The summed E-state index contributed by atoms with van der Waals surface area (Å²) in [6, 6.07) is 12.8. The van der Waals surface area contributed by atoms with Gasteiger partial charge in [0.15, 0.2) is 0 Å². The van der Waals surface area contributed by atoms with Gasteiger partial charge < -0.3 is 10.1 Å². The maximum Gasteiger partial charge on any atom is 0.232 e. The highest BCUT2D eigenvalue weighted by Crippen LogP contribution is 2.28. The van der Waals surface area contributed by atoms with Gasteiger partial charge in [-0.05, 0) is 55.7 Å². The molecule has 2 aromatic rings. The number of sulfonamides is 1. The number of rotatable bonds is 10. The van der Waals surface area contributed by atoms with Crippen LogP contribution in [0.15, 0.2) is 42.5 Å². The molecule has 0 aliphatic carbocycles. The molecule has 0 fully saturated rings. The van der Waals surface area contributed by atoms with Gasteiger partial charge in [0, 0.05) is 18.0 Å². The van der Waals surface area contributed by atoms with Gasteiger partial charge in [0.1, 0.15) is 12.4 Å². The summed E-state index contributed by atoms with van der Waals surface area (Å²) in [6.45, 7) is 4.71. The van der Waals surface area contributed by atoms with Crippen LogP contribution in [0.2, 0.25) is 5.02 Å². The summed E-state index contributed by atoms with van der Waals surface area (Å²) in [5.74, 6) is 0.619. The second kappa shape index (κ2) is 10.5. The van der Waals surface area contributed by atoms with Crippen molar-refractivity contribution >= 4 is 33.2 Å². The molecule has 1 N–H and O–H groups in total. The van der Waals surface area contributed by atoms with Crippen molar-refractivity contribution in [2.75, 3.05) is 30.3 Å². The number of carbonyl (C=O) groups excluding carboxylic acids is 1. The van der Waals surface area contributed by atoms with E-state index in [4.69, 9.17) is 16.3 Å². The van der Waals surface area contributed by atoms with Crippen LogP contribution in [-0.2, 0) is 14.8 Å². The Morgan fingerprint density at radius 2 is 1.90 bits per heavy atom. The van der Waals surface area contributed by atoms with Gasteiger partial charge >= 0.3 is 0 Å². The summed E-state index contributed by atoms with van der Waals surface area (Å²) in [5, 5.41) is 3.29. The molecule has 0 spiro atoms. The van der Waals surface area contributed by atoms with Crippen molar-refractivity contribution in [1.29, 1.82) is 0 Å². The standard InChI is InChI=1S/C21H27ClN2O4S/c1-16-7-4-8-18(15-16)28-14-12-23-21(25)11-6-13-24(29(3,26)27)20-10-5-9-19(22)17(20)2/h4-5,7-10,15H,6,11-14H2,1-3H3,(H,23,25). The van der Waals surface area contributed by atoms with Crippen LogP contribution in [0.4, 0.5) is 5.69 Å². The summed E-state index contributed by atoms with van der Waals surface area (Å²) in [7, 11) is -3.49. The first-order valence-corrected chi connectivity index (χ1v) is 11.6. The van der Waals surface area contributed by atoms with E-state index in [2.05, 4.69) is 5.32 Å². The molecule has 6 nitrogen and oxygen atoms in total. The quantitative estimate of drug-likeness (QED) is 0.574. The highest BCUT2D eigenvalue weighted by atomic mass is 35.5. The van der Waals surface area contributed by atoms with Crippen molar-refractivity contribution in [3.8, 4) is 5.75 Å². The number of hydrogen-bond acceptors (Lipinski definition) is 4. The zero-order valence-corrected chi connectivity index (χ0v) is 18.5. The molecule has 1 amide bonds. The zero-order chi connectivity index (χ0) is 21.4. The minimum absolute atomic E-state index is 0.144. The first-order valence-electron chi connectivity index (χ1n) is 9.37. The molecular weight excluding hydrogens is 412 g/mol. The number of halogens is 1. The summed E-state index contributed by atoms with van der Waals surface area (Å²) in [4.78, 5) is 12.0. The average Bonchev–Trinajstić information content (AvgIpc) is 2.64. The van der Waals surface area contributed by atoms with Crippen LogP contribution in [0.3, 0.4) is 0 Å². The van der Waals surface area contributed by atoms with E-state index in [0.29, 0.717) is 35.8 Å². The molecule has 2 rings (SSSR count). The molecule has 0 unspecified atom stereocenters. The van der Waals surface area contributed by atoms with E-state index in [0.717, 1.165) is 17.6 Å². The molecule has 0 aliphatic rings. The van der Waals surface area contributed by atoms with Gasteiger partial charge in [0.25, 0.3) is 0 Å². The number of anilines is 1. The van der Waals surface area contributed by atoms with Crippen LogP contribution in [0.5, 0.6) is 5.75 Å². The lowest BCUT2D eigenvalue weighted by Crippen LogP contribution is -2.33. The molecule has 29 heavy (non-hydrogen) atoms. The van der Waals surface area contributed by atoms with Gasteiger partial charge in [-0.1, -0.05) is 29.8 Å². The predicted octanol–water partition coefficient (Wildman–Crippen LogP) is 3.70. The number of benzene rings is 2. The minimum atomic E-state index is -3.49. The van der Waals surface area contributed by atoms with Crippen molar-refractivity contribution in [2.24, 2.45) is 0 Å². The van der Waals surface area contributed by atoms with Crippen LogP contribution < -0.4 is 14.4 Å². The largest absolute Gasteiger partial charge is 0.492 e. The molecule has 2 aromatic carbocycles. The van der Waals surface area contributed by atoms with Crippen molar-refractivity contribution < 1.29 is 17.9 Å². The fraction of sp³-hybridized carbons (Fsp3) is 0.381. The van der Waals surface area contributed by atoms with Gasteiger partial charge in [-0.15, -0.1) is 0 Å². The van der Waals surface area contributed by atoms with E-state index >= 15 is 0 Å². The third-order valence-corrected chi connectivity index (χ3v) is 5.95. The molecule has 8 heteroatoms. The van der Waals surface area contributed by atoms with Gasteiger partial charge in [0.2, 0.25) is 15.9 Å². The zero-order valence-electron chi connectivity index (χ0n) is 16.9. The van der Waals surface area contributed by atoms with Crippen molar-refractivity contribution in [2.45, 2.75) is 26.7 Å². The summed E-state index contributed by atoms with van der Waals surface area (Å²) >= 11 is 6.12. The van der Waals surface area contributed by atoms with E-state index < -0.39 is 10.0 Å². The minimum Gasteiger partial charge on any atom is -0.492 e. The molecule has 0 bridgehead atoms. The number of ether oxygens (including phenoxy) is 1. The Labute approximate surface area is 177 Å². The Balaban J connectivity index is 1.80. The molecule has 0 atom stereocenters. The Kier molecular flexibility index (Phi) is 8.34. The Morgan fingerprint density at radius 3 is 2.59 bits per heavy atom. The maximum absolute atomic E-state index is 12.2. The molecular formula is C21H27ClN2O4S. The molecule has 0 aliphatic heterocycles. The molecule has 0 radical (unpaired) electrons. The lowest BCUT2D eigenvalue weighted by atomic mass is 10.2. The normalized spacial score (nSPS) is 11.2. The Bertz CT molecular complexity index is 947. The van der Waals surface area contributed by atoms with Crippen LogP contribution in [0.1, 0.15) is 24.0 Å². The fourth-order valence-corrected chi connectivity index (χ4v) is 4.05. The monoisotopic (exact) mass is 438 g/mol. The first kappa shape index (κ1) is 23.0. The Hall–Kier alpha value is -2.25. The smallest absolute Gasteiger partial charge is 0.232 e. The van der Waals surface area contributed by atoms with Crippen molar-refractivity contribution in [1.82, 2.24) is 5.32 Å².